The summed E-state index contributed by atoms with van der Waals surface area (Å²) in [6.45, 7) is 4.06. The number of hydrogen-bond donors (Lipinski definition) is 0. The molecule has 0 aromatic heterocycles. The van der Waals surface area contributed by atoms with Gasteiger partial charge in [-0.25, -0.2) is 0 Å². The predicted molar refractivity (Wildman–Crippen MR) is 23.5 cm³/mol. The van der Waals surface area contributed by atoms with Crippen LogP contribution in [0.25, 0.3) is 0 Å². The monoisotopic (exact) mass is 114 g/mol. The second-order valence-electron chi connectivity index (χ2n) is 0.471. The van der Waals surface area contributed by atoms with Crippen molar-refractivity contribution in [2.24, 2.45) is 0 Å². The second kappa shape index (κ2) is 4.23. The minimum absolute atomic E-state index is 1.57. The van der Waals surface area contributed by atoms with Gasteiger partial charge in [0, 0.05) is 0 Å². The van der Waals surface area contributed by atoms with Crippen LogP contribution >= 0.6 is 0 Å². The zero-order valence-electron chi connectivity index (χ0n) is 3.47. The molecule has 0 N–H and O–H groups in total. The van der Waals surface area contributed by atoms with E-state index in [1.54, 1.807) is 13.6 Å². The van der Waals surface area contributed by atoms with Gasteiger partial charge in [-0.15, -0.1) is 0 Å². The van der Waals surface area contributed by atoms with E-state index in [1.807, 2.05) is 13.8 Å². The Labute approximate surface area is 38.1 Å². The molecule has 0 rings (SSSR count). The van der Waals surface area contributed by atoms with Gasteiger partial charge in [0.15, 0.2) is 0 Å². The molecule has 0 unspecified atom stereocenters. The molecule has 0 nitrogen and oxygen atoms in total. The zero-order chi connectivity index (χ0) is 4.12. The molecule has 0 aliphatic rings. The first-order valence-electron chi connectivity index (χ1n) is 1.52. The van der Waals surface area contributed by atoms with Gasteiger partial charge < -0.3 is 0 Å². The molecular formula is C4H8Ni. The van der Waals surface area contributed by atoms with Crippen LogP contribution in [0.3, 0.4) is 0 Å². The molecule has 0 bridgehead atoms. The molecule has 0 saturated carbocycles. The third-order valence-electron chi connectivity index (χ3n) is 0.211. The standard InChI is InChI=1S/2C2H4.Ni/c2*1-2;/h2*1H,2H3;. The third-order valence-corrected chi connectivity index (χ3v) is 0.869. The van der Waals surface area contributed by atoms with Gasteiger partial charge in [0.1, 0.15) is 0 Å². The molecule has 0 aromatic carbocycles. The molecule has 0 heterocycles. The van der Waals surface area contributed by atoms with Crippen molar-refractivity contribution in [1.82, 2.24) is 0 Å². The molecule has 0 radical (unpaired) electrons. The van der Waals surface area contributed by atoms with Gasteiger partial charge in [0.2, 0.25) is 0 Å². The Morgan fingerprint density at radius 1 is 1.20 bits per heavy atom. The summed E-state index contributed by atoms with van der Waals surface area (Å²) in [5, 5.41) is 0. The maximum atomic E-state index is 2.06. The van der Waals surface area contributed by atoms with Crippen molar-refractivity contribution < 1.29 is 13.6 Å². The Hall–Kier alpha value is 0.234. The van der Waals surface area contributed by atoms with E-state index in [2.05, 4.69) is 9.99 Å². The summed E-state index contributed by atoms with van der Waals surface area (Å²) < 4.78 is 0. The first-order chi connectivity index (χ1) is 2.41. The van der Waals surface area contributed by atoms with Crippen LogP contribution in [-0.2, 0) is 13.6 Å². The summed E-state index contributed by atoms with van der Waals surface area (Å²) in [6.07, 6.45) is 0. The molecule has 0 amide bonds. The topological polar surface area (TPSA) is 0 Å². The molecule has 0 spiro atoms. The summed E-state index contributed by atoms with van der Waals surface area (Å²) in [7, 11) is 0. The SMILES string of the molecule is C[CH]=[Ni]=[CH]C. The average Bonchev–Trinajstić information content (AvgIpc) is 1.41. The maximum absolute atomic E-state index is 2.06. The van der Waals surface area contributed by atoms with Crippen molar-refractivity contribution in [2.45, 2.75) is 13.8 Å². The Bertz CT molecular complexity index is 52.0. The van der Waals surface area contributed by atoms with Gasteiger partial charge in [-0.3, -0.25) is 0 Å². The van der Waals surface area contributed by atoms with Crippen LogP contribution in [-0.4, -0.2) is 9.99 Å². The Morgan fingerprint density at radius 3 is 1.60 bits per heavy atom. The molecule has 0 atom stereocenters. The third kappa shape index (κ3) is 4.23. The van der Waals surface area contributed by atoms with Crippen LogP contribution in [0.1, 0.15) is 13.8 Å². The summed E-state index contributed by atoms with van der Waals surface area (Å²) >= 11 is 1.57. The molecule has 34 valence electrons. The van der Waals surface area contributed by atoms with E-state index in [1.165, 1.54) is 0 Å². The van der Waals surface area contributed by atoms with Crippen molar-refractivity contribution in [3.63, 3.8) is 0 Å². The van der Waals surface area contributed by atoms with Gasteiger partial charge >= 0.3 is 37.4 Å². The van der Waals surface area contributed by atoms with Crippen LogP contribution in [0.2, 0.25) is 0 Å². The Kier molecular flexibility index (Phi) is 4.43. The average molecular weight is 115 g/mol. The summed E-state index contributed by atoms with van der Waals surface area (Å²) in [6, 6.07) is 0. The van der Waals surface area contributed by atoms with Crippen molar-refractivity contribution >= 4 is 9.99 Å². The van der Waals surface area contributed by atoms with Gasteiger partial charge in [-0.1, -0.05) is 0 Å². The summed E-state index contributed by atoms with van der Waals surface area (Å²) in [4.78, 5) is 4.12. The van der Waals surface area contributed by atoms with Crippen LogP contribution in [0.4, 0.5) is 0 Å². The van der Waals surface area contributed by atoms with E-state index in [-0.39, 0.29) is 0 Å². The first kappa shape index (κ1) is 5.23. The van der Waals surface area contributed by atoms with Crippen molar-refractivity contribution in [3.05, 3.63) is 0 Å². The van der Waals surface area contributed by atoms with E-state index >= 15 is 0 Å². The normalized spacial score (nSPS) is 7.60. The summed E-state index contributed by atoms with van der Waals surface area (Å²) in [5.74, 6) is 0. The number of hydrogen-bond acceptors (Lipinski definition) is 0. The molecule has 0 saturated heterocycles. The Morgan fingerprint density at radius 2 is 1.60 bits per heavy atom. The van der Waals surface area contributed by atoms with Crippen molar-refractivity contribution in [2.75, 3.05) is 0 Å². The quantitative estimate of drug-likeness (QED) is 0.407. The zero-order valence-corrected chi connectivity index (χ0v) is 4.46. The molecule has 0 aliphatic carbocycles. The van der Waals surface area contributed by atoms with E-state index in [0.717, 1.165) is 0 Å². The minimum atomic E-state index is 1.57. The van der Waals surface area contributed by atoms with E-state index in [0.29, 0.717) is 0 Å². The van der Waals surface area contributed by atoms with E-state index in [9.17, 15) is 0 Å². The summed E-state index contributed by atoms with van der Waals surface area (Å²) in [5.41, 5.74) is 0. The van der Waals surface area contributed by atoms with Gasteiger partial charge in [0.05, 0.1) is 0 Å². The Balaban J connectivity index is 3.26. The van der Waals surface area contributed by atoms with Crippen molar-refractivity contribution in [1.29, 1.82) is 0 Å². The predicted octanol–water partition coefficient (Wildman–Crippen LogP) is 0.713. The van der Waals surface area contributed by atoms with Crippen LogP contribution in [0, 0.1) is 0 Å². The molecule has 1 heteroatoms. The van der Waals surface area contributed by atoms with E-state index < -0.39 is 0 Å². The fraction of sp³-hybridized carbons (Fsp3) is 0.500. The van der Waals surface area contributed by atoms with Crippen LogP contribution < -0.4 is 0 Å². The van der Waals surface area contributed by atoms with E-state index in [4.69, 9.17) is 0 Å². The molecule has 0 aliphatic heterocycles. The first-order valence-corrected chi connectivity index (χ1v) is 2.66. The van der Waals surface area contributed by atoms with Gasteiger partial charge in [-0.05, 0) is 0 Å². The van der Waals surface area contributed by atoms with Crippen LogP contribution in [0.5, 0.6) is 0 Å². The van der Waals surface area contributed by atoms with Gasteiger partial charge in [0.25, 0.3) is 0 Å². The van der Waals surface area contributed by atoms with Gasteiger partial charge in [-0.2, -0.15) is 0 Å². The molecular weight excluding hydrogens is 107 g/mol. The van der Waals surface area contributed by atoms with Crippen LogP contribution in [0.15, 0.2) is 0 Å². The fourth-order valence-corrected chi connectivity index (χ4v) is 0.435. The molecule has 5 heavy (non-hydrogen) atoms. The second-order valence-corrected chi connectivity index (χ2v) is 1.94. The molecule has 0 fully saturated rings. The van der Waals surface area contributed by atoms with Crippen molar-refractivity contribution in [3.8, 4) is 0 Å². The number of rotatable bonds is 0. The molecule has 0 aromatic rings. The fourth-order valence-electron chi connectivity index (χ4n) is 0.105.